The Morgan fingerprint density at radius 3 is 1.92 bits per heavy atom. The van der Waals surface area contributed by atoms with E-state index in [1.165, 1.54) is 12.5 Å². The summed E-state index contributed by atoms with van der Waals surface area (Å²) in [4.78, 5) is 25.9. The molecule has 1 aliphatic carbocycles. The Kier molecular flexibility index (Phi) is 7.03. The minimum absolute atomic E-state index is 0.0355. The van der Waals surface area contributed by atoms with Crippen molar-refractivity contribution in [1.29, 1.82) is 0 Å². The molecule has 1 fully saturated rings. The molecular weight excluding hydrogens is 458 g/mol. The van der Waals surface area contributed by atoms with Gasteiger partial charge in [0.05, 0.1) is 0 Å². The number of hydrogen-bond acceptors (Lipinski definition) is 6. The van der Waals surface area contributed by atoms with Crippen LogP contribution in [-0.4, -0.2) is 43.3 Å². The minimum atomic E-state index is 0.0355. The summed E-state index contributed by atoms with van der Waals surface area (Å²) in [6.45, 7) is 14.3. The Morgan fingerprint density at radius 2 is 1.36 bits per heavy atom. The summed E-state index contributed by atoms with van der Waals surface area (Å²) in [6, 6.07) is 10.6. The lowest BCUT2D eigenvalue weighted by Gasteiger charge is -2.42. The number of fused-ring (bicyclic) bond motifs is 3. The lowest BCUT2D eigenvalue weighted by atomic mass is 9.75. The van der Waals surface area contributed by atoms with E-state index in [2.05, 4.69) is 26.8 Å². The van der Waals surface area contributed by atoms with Crippen LogP contribution in [0.4, 0.5) is 0 Å². The first-order chi connectivity index (χ1) is 17.2. The number of Topliss-reactive ketones (excluding diaryl/α,β-unsaturated/α-hetero) is 1. The molecule has 7 nitrogen and oxygen atoms in total. The number of ether oxygens (including phenoxy) is 4. The first kappa shape index (κ1) is 25.6. The molecule has 36 heavy (non-hydrogen) atoms. The summed E-state index contributed by atoms with van der Waals surface area (Å²) in [5.41, 5.74) is 3.07. The summed E-state index contributed by atoms with van der Waals surface area (Å²) in [5.74, 6) is 2.86. The van der Waals surface area contributed by atoms with Gasteiger partial charge in [0.2, 0.25) is 13.6 Å². The maximum atomic E-state index is 12.9. The summed E-state index contributed by atoms with van der Waals surface area (Å²) < 4.78 is 20.9. The van der Waals surface area contributed by atoms with Gasteiger partial charge in [-0.05, 0) is 49.7 Å². The molecule has 6 rings (SSSR count). The summed E-state index contributed by atoms with van der Waals surface area (Å²) in [7, 11) is 0. The Bertz CT molecular complexity index is 1200. The van der Waals surface area contributed by atoms with E-state index >= 15 is 0 Å². The molecule has 2 aromatic rings. The molecule has 2 atom stereocenters. The van der Waals surface area contributed by atoms with E-state index in [-0.39, 0.29) is 36.1 Å². The topological polar surface area (TPSA) is 74.3 Å². The number of hydrogen-bond donors (Lipinski definition) is 0. The van der Waals surface area contributed by atoms with Gasteiger partial charge >= 0.3 is 0 Å². The van der Waals surface area contributed by atoms with Crippen LogP contribution in [0.3, 0.4) is 0 Å². The first-order valence-electron chi connectivity index (χ1n) is 12.6. The van der Waals surface area contributed by atoms with Gasteiger partial charge < -0.3 is 23.8 Å². The summed E-state index contributed by atoms with van der Waals surface area (Å²) in [6.07, 6.45) is 3.39. The molecule has 0 aromatic heterocycles. The fourth-order valence-electron chi connectivity index (χ4n) is 5.01. The van der Waals surface area contributed by atoms with E-state index < -0.39 is 0 Å². The normalized spacial score (nSPS) is 23.8. The Hall–Kier alpha value is -3.48. The summed E-state index contributed by atoms with van der Waals surface area (Å²) in [5, 5.41) is 0. The monoisotopic (exact) mass is 493 g/mol. The summed E-state index contributed by atoms with van der Waals surface area (Å²) >= 11 is 0. The van der Waals surface area contributed by atoms with Crippen LogP contribution in [0, 0.1) is 10.8 Å². The zero-order chi connectivity index (χ0) is 26.1. The lowest BCUT2D eigenvalue weighted by molar-refractivity contribution is 0.0586. The van der Waals surface area contributed by atoms with Crippen LogP contribution in [0.15, 0.2) is 48.0 Å². The van der Waals surface area contributed by atoms with Crippen LogP contribution in [0.2, 0.25) is 0 Å². The van der Waals surface area contributed by atoms with Gasteiger partial charge in [-0.15, -0.1) is 0 Å². The van der Waals surface area contributed by atoms with Crippen LogP contribution in [0.5, 0.6) is 23.0 Å². The minimum Gasteiger partial charge on any atom is -0.454 e. The van der Waals surface area contributed by atoms with Gasteiger partial charge in [-0.25, -0.2) is 0 Å². The third-order valence-electron chi connectivity index (χ3n) is 7.17. The molecule has 1 amide bonds. The van der Waals surface area contributed by atoms with Gasteiger partial charge in [0.25, 0.3) is 5.91 Å². The van der Waals surface area contributed by atoms with Crippen molar-refractivity contribution in [2.75, 3.05) is 26.7 Å². The molecule has 3 heterocycles. The SMILES string of the molecule is CC.CC(=O)c1ccc2c(c1)OCO2.CCC1(C)CN(C(=O)c2ccc3c(c2)OCO3)CC2(C)C=C21. The van der Waals surface area contributed by atoms with Crippen LogP contribution >= 0.6 is 0 Å². The highest BCUT2D eigenvalue weighted by atomic mass is 16.7. The zero-order valence-corrected chi connectivity index (χ0v) is 22.0. The molecule has 0 radical (unpaired) electrons. The molecule has 0 saturated carbocycles. The zero-order valence-electron chi connectivity index (χ0n) is 22.0. The highest BCUT2D eigenvalue weighted by Crippen LogP contribution is 2.58. The maximum absolute atomic E-state index is 12.9. The second-order valence-electron chi connectivity index (χ2n) is 9.74. The van der Waals surface area contributed by atoms with Crippen LogP contribution < -0.4 is 18.9 Å². The van der Waals surface area contributed by atoms with Crippen molar-refractivity contribution in [1.82, 2.24) is 4.90 Å². The molecule has 0 bridgehead atoms. The molecule has 7 heteroatoms. The van der Waals surface area contributed by atoms with E-state index in [9.17, 15) is 9.59 Å². The standard InChI is InChI=1S/C18H21NO3.C9H8O3.C2H6/c1-4-17(2)9-19(10-18(3)8-15(17)18)16(20)12-5-6-13-14(7-12)22-11-21-13;1-6(10)7-2-3-8-9(4-7)12-5-11-8;1-2/h5-8H,4,9-11H2,1-3H3;2-4H,5H2,1H3;1-2H3. The van der Waals surface area contributed by atoms with E-state index in [1.54, 1.807) is 24.3 Å². The van der Waals surface area contributed by atoms with E-state index in [1.807, 2.05) is 30.9 Å². The van der Waals surface area contributed by atoms with Crippen molar-refractivity contribution in [3.8, 4) is 23.0 Å². The number of carbonyl (C=O) groups excluding carboxylic acids is 2. The molecule has 1 saturated heterocycles. The molecule has 0 spiro atoms. The number of amides is 1. The second-order valence-corrected chi connectivity index (χ2v) is 9.74. The van der Waals surface area contributed by atoms with E-state index in [0.29, 0.717) is 34.1 Å². The van der Waals surface area contributed by atoms with Crippen molar-refractivity contribution in [2.24, 2.45) is 10.8 Å². The number of likely N-dealkylation sites (tertiary alicyclic amines) is 1. The van der Waals surface area contributed by atoms with Gasteiger partial charge in [0, 0.05) is 35.0 Å². The molecule has 2 aromatic carbocycles. The smallest absolute Gasteiger partial charge is 0.254 e. The second kappa shape index (κ2) is 9.88. The predicted octanol–water partition coefficient (Wildman–Crippen LogP) is 5.88. The van der Waals surface area contributed by atoms with E-state index in [0.717, 1.165) is 19.5 Å². The molecule has 2 unspecified atom stereocenters. The quantitative estimate of drug-likeness (QED) is 0.393. The Labute approximate surface area is 213 Å². The third-order valence-corrected chi connectivity index (χ3v) is 7.17. The molecule has 3 aliphatic heterocycles. The third kappa shape index (κ3) is 4.79. The molecule has 4 aliphatic rings. The van der Waals surface area contributed by atoms with Gasteiger partial charge in [0.1, 0.15) is 0 Å². The number of rotatable bonds is 3. The number of nitrogens with zero attached hydrogens (tertiary/aromatic N) is 1. The number of carbonyl (C=O) groups is 2. The van der Waals surface area contributed by atoms with Gasteiger partial charge in [0.15, 0.2) is 28.8 Å². The predicted molar refractivity (Wildman–Crippen MR) is 137 cm³/mol. The van der Waals surface area contributed by atoms with E-state index in [4.69, 9.17) is 18.9 Å². The fourth-order valence-corrected chi connectivity index (χ4v) is 5.01. The molecular formula is C29H35NO6. The van der Waals surface area contributed by atoms with Crippen LogP contribution in [-0.2, 0) is 0 Å². The Morgan fingerprint density at radius 1 is 0.833 bits per heavy atom. The highest BCUT2D eigenvalue weighted by Gasteiger charge is 2.54. The Balaban J connectivity index is 0.000000184. The highest BCUT2D eigenvalue weighted by molar-refractivity contribution is 5.95. The average molecular weight is 494 g/mol. The van der Waals surface area contributed by atoms with Crippen molar-refractivity contribution >= 4 is 11.7 Å². The first-order valence-corrected chi connectivity index (χ1v) is 12.6. The van der Waals surface area contributed by atoms with Gasteiger partial charge in [-0.2, -0.15) is 0 Å². The van der Waals surface area contributed by atoms with Crippen molar-refractivity contribution in [3.05, 3.63) is 59.2 Å². The van der Waals surface area contributed by atoms with Crippen molar-refractivity contribution in [2.45, 2.75) is 48.0 Å². The van der Waals surface area contributed by atoms with Crippen LogP contribution in [0.1, 0.15) is 68.7 Å². The average Bonchev–Trinajstić information content (AvgIpc) is 3.22. The fraction of sp³-hybridized carbons (Fsp3) is 0.448. The van der Waals surface area contributed by atoms with Gasteiger partial charge in [-0.1, -0.05) is 46.3 Å². The number of ketones is 1. The largest absolute Gasteiger partial charge is 0.454 e. The van der Waals surface area contributed by atoms with Crippen molar-refractivity contribution in [3.63, 3.8) is 0 Å². The number of benzene rings is 2. The number of piperidine rings is 1. The maximum Gasteiger partial charge on any atom is 0.254 e. The van der Waals surface area contributed by atoms with Crippen molar-refractivity contribution < 1.29 is 28.5 Å². The molecule has 192 valence electrons. The van der Waals surface area contributed by atoms with Gasteiger partial charge in [-0.3, -0.25) is 9.59 Å². The molecule has 0 N–H and O–H groups in total. The lowest BCUT2D eigenvalue weighted by Crippen LogP contribution is -2.48. The van der Waals surface area contributed by atoms with Crippen LogP contribution in [0.25, 0.3) is 0 Å².